The fourth-order valence-electron chi connectivity index (χ4n) is 7.68. The van der Waals surface area contributed by atoms with Crippen molar-refractivity contribution in [2.24, 2.45) is 0 Å². The third-order valence-electron chi connectivity index (χ3n) is 10.2. The first-order valence-electron chi connectivity index (χ1n) is 18.0. The number of rotatable bonds is 5. The molecule has 7 aromatic carbocycles. The second kappa shape index (κ2) is 12.1. The average Bonchev–Trinajstić information content (AvgIpc) is 3.79. The summed E-state index contributed by atoms with van der Waals surface area (Å²) in [5, 5.41) is 6.67. The number of hydrogen-bond acceptors (Lipinski definition) is 5. The minimum absolute atomic E-state index is 0.609. The van der Waals surface area contributed by atoms with Gasteiger partial charge in [-0.15, -0.1) is 0 Å². The average molecular weight is 692 g/mol. The zero-order chi connectivity index (χ0) is 35.6. The van der Waals surface area contributed by atoms with Gasteiger partial charge in [-0.25, -0.2) is 19.9 Å². The lowest BCUT2D eigenvalue weighted by molar-refractivity contribution is 0.645. The molecule has 0 bridgehead atoms. The molecule has 0 radical (unpaired) electrons. The van der Waals surface area contributed by atoms with Gasteiger partial charge < -0.3 is 4.42 Å². The first kappa shape index (κ1) is 30.2. The number of hydrogen-bond donors (Lipinski definition) is 0. The van der Waals surface area contributed by atoms with Crippen LogP contribution in [0.4, 0.5) is 0 Å². The van der Waals surface area contributed by atoms with Crippen molar-refractivity contribution in [3.05, 3.63) is 176 Å². The summed E-state index contributed by atoms with van der Waals surface area (Å²) >= 11 is 0. The van der Waals surface area contributed by atoms with Gasteiger partial charge in [-0.2, -0.15) is 0 Å². The standard InChI is InChI=1S/C48H29N5O/c1-3-14-31(15-4-1)45-50-46(32-16-5-2-6-17-32)52-47(51-45)33-25-27-36(28-26-33)53-40-22-12-10-20-38(40)42-41-37-19-9-11-21-39(37)49-43(44(41)54-48(42)53)35-24-23-30-13-7-8-18-34(30)29-35/h1-29H. The molecular weight excluding hydrogens is 663 g/mol. The smallest absolute Gasteiger partial charge is 0.213 e. The minimum Gasteiger partial charge on any atom is -0.437 e. The van der Waals surface area contributed by atoms with Gasteiger partial charge in [0.2, 0.25) is 5.71 Å². The summed E-state index contributed by atoms with van der Waals surface area (Å²) in [6, 6.07) is 60.3. The zero-order valence-corrected chi connectivity index (χ0v) is 28.9. The van der Waals surface area contributed by atoms with E-state index in [1.165, 1.54) is 5.39 Å². The van der Waals surface area contributed by atoms with Crippen molar-refractivity contribution >= 4 is 54.6 Å². The predicted octanol–water partition coefficient (Wildman–Crippen LogP) is 12.1. The molecule has 4 heterocycles. The van der Waals surface area contributed by atoms with Crippen LogP contribution < -0.4 is 0 Å². The first-order chi connectivity index (χ1) is 26.8. The first-order valence-corrected chi connectivity index (χ1v) is 18.0. The number of aromatic nitrogens is 5. The molecule has 0 saturated heterocycles. The number of nitrogens with zero attached hydrogens (tertiary/aromatic N) is 5. The Balaban J connectivity index is 1.11. The summed E-state index contributed by atoms with van der Waals surface area (Å²) in [5.74, 6) is 1.87. The van der Waals surface area contributed by atoms with Crippen LogP contribution >= 0.6 is 0 Å². The molecular formula is C48H29N5O. The fourth-order valence-corrected chi connectivity index (χ4v) is 7.68. The molecule has 0 amide bonds. The number of pyridine rings is 1. The van der Waals surface area contributed by atoms with Gasteiger partial charge in [0, 0.05) is 44.1 Å². The van der Waals surface area contributed by atoms with Crippen molar-refractivity contribution in [1.82, 2.24) is 24.5 Å². The maximum absolute atomic E-state index is 7.04. The molecule has 4 aromatic heterocycles. The Morgan fingerprint density at radius 1 is 0.407 bits per heavy atom. The quantitative estimate of drug-likeness (QED) is 0.180. The van der Waals surface area contributed by atoms with Crippen LogP contribution in [-0.4, -0.2) is 24.5 Å². The van der Waals surface area contributed by atoms with E-state index in [1.807, 2.05) is 66.7 Å². The molecule has 11 rings (SSSR count). The van der Waals surface area contributed by atoms with Gasteiger partial charge >= 0.3 is 0 Å². The second-order valence-electron chi connectivity index (χ2n) is 13.5. The van der Waals surface area contributed by atoms with Gasteiger partial charge in [-0.3, -0.25) is 4.57 Å². The van der Waals surface area contributed by atoms with Gasteiger partial charge in [0.1, 0.15) is 5.69 Å². The topological polar surface area (TPSA) is 69.6 Å². The zero-order valence-electron chi connectivity index (χ0n) is 28.9. The molecule has 54 heavy (non-hydrogen) atoms. The highest BCUT2D eigenvalue weighted by Gasteiger charge is 2.24. The highest BCUT2D eigenvalue weighted by atomic mass is 16.3. The Bertz CT molecular complexity index is 3140. The van der Waals surface area contributed by atoms with E-state index in [2.05, 4.69) is 114 Å². The highest BCUT2D eigenvalue weighted by Crippen LogP contribution is 2.45. The predicted molar refractivity (Wildman–Crippen MR) is 218 cm³/mol. The molecule has 11 aromatic rings. The van der Waals surface area contributed by atoms with Gasteiger partial charge in [-0.05, 0) is 53.2 Å². The van der Waals surface area contributed by atoms with Gasteiger partial charge in [0.25, 0.3) is 0 Å². The van der Waals surface area contributed by atoms with Crippen molar-refractivity contribution in [3.8, 4) is 51.1 Å². The molecule has 0 fully saturated rings. The highest BCUT2D eigenvalue weighted by molar-refractivity contribution is 6.28. The molecule has 0 atom stereocenters. The largest absolute Gasteiger partial charge is 0.437 e. The Kier molecular flexibility index (Phi) is 6.75. The molecule has 0 unspecified atom stereocenters. The van der Waals surface area contributed by atoms with E-state index in [4.69, 9.17) is 24.4 Å². The summed E-state index contributed by atoms with van der Waals surface area (Å²) in [6.45, 7) is 0. The Labute approximate surface area is 309 Å². The van der Waals surface area contributed by atoms with Crippen LogP contribution in [0.5, 0.6) is 0 Å². The van der Waals surface area contributed by atoms with Crippen LogP contribution in [0.3, 0.4) is 0 Å². The van der Waals surface area contributed by atoms with E-state index >= 15 is 0 Å². The van der Waals surface area contributed by atoms with Gasteiger partial charge in [-0.1, -0.05) is 133 Å². The second-order valence-corrected chi connectivity index (χ2v) is 13.5. The molecule has 0 aliphatic carbocycles. The fraction of sp³-hybridized carbons (Fsp3) is 0. The molecule has 0 spiro atoms. The summed E-state index contributed by atoms with van der Waals surface area (Å²) in [5.41, 5.74) is 9.12. The molecule has 6 heteroatoms. The van der Waals surface area contributed by atoms with Gasteiger partial charge in [0.15, 0.2) is 23.1 Å². The van der Waals surface area contributed by atoms with Crippen molar-refractivity contribution < 1.29 is 4.42 Å². The van der Waals surface area contributed by atoms with Crippen molar-refractivity contribution in [1.29, 1.82) is 0 Å². The number of para-hydroxylation sites is 2. The van der Waals surface area contributed by atoms with E-state index < -0.39 is 0 Å². The van der Waals surface area contributed by atoms with Gasteiger partial charge in [0.05, 0.1) is 16.4 Å². The van der Waals surface area contributed by atoms with Crippen LogP contribution in [0.15, 0.2) is 180 Å². The van der Waals surface area contributed by atoms with Crippen LogP contribution in [0.2, 0.25) is 0 Å². The lowest BCUT2D eigenvalue weighted by Gasteiger charge is -2.10. The Hall–Kier alpha value is -7.44. The molecule has 0 saturated carbocycles. The number of furan rings is 1. The third-order valence-corrected chi connectivity index (χ3v) is 10.2. The molecule has 252 valence electrons. The van der Waals surface area contributed by atoms with E-state index in [1.54, 1.807) is 0 Å². The summed E-state index contributed by atoms with van der Waals surface area (Å²) in [4.78, 5) is 20.0. The van der Waals surface area contributed by atoms with Crippen molar-refractivity contribution in [2.45, 2.75) is 0 Å². The summed E-state index contributed by atoms with van der Waals surface area (Å²) in [7, 11) is 0. The van der Waals surface area contributed by atoms with Crippen LogP contribution in [0, 0.1) is 0 Å². The Morgan fingerprint density at radius 2 is 0.963 bits per heavy atom. The van der Waals surface area contributed by atoms with E-state index in [0.29, 0.717) is 17.5 Å². The SMILES string of the molecule is c1ccc(-c2nc(-c3ccccc3)nc(-c3ccc(-n4c5ccccc5c5c6c(oc54)c(-c4ccc5ccccc5c4)nc4ccccc46)cc3)n2)cc1. The summed E-state index contributed by atoms with van der Waals surface area (Å²) in [6.07, 6.45) is 0. The molecule has 6 nitrogen and oxygen atoms in total. The van der Waals surface area contributed by atoms with E-state index in [9.17, 15) is 0 Å². The normalized spacial score (nSPS) is 11.7. The van der Waals surface area contributed by atoms with E-state index in [-0.39, 0.29) is 0 Å². The Morgan fingerprint density at radius 3 is 1.67 bits per heavy atom. The molecule has 0 aliphatic heterocycles. The van der Waals surface area contributed by atoms with Crippen LogP contribution in [-0.2, 0) is 0 Å². The maximum Gasteiger partial charge on any atom is 0.213 e. The third kappa shape index (κ3) is 4.81. The summed E-state index contributed by atoms with van der Waals surface area (Å²) < 4.78 is 9.25. The van der Waals surface area contributed by atoms with Crippen molar-refractivity contribution in [3.63, 3.8) is 0 Å². The lowest BCUT2D eigenvalue weighted by atomic mass is 10.0. The van der Waals surface area contributed by atoms with Crippen LogP contribution in [0.25, 0.3) is 106 Å². The number of fused-ring (bicyclic) bond motifs is 8. The van der Waals surface area contributed by atoms with E-state index in [0.717, 1.165) is 82.9 Å². The van der Waals surface area contributed by atoms with Crippen molar-refractivity contribution in [2.75, 3.05) is 0 Å². The lowest BCUT2D eigenvalue weighted by Crippen LogP contribution is -2.00. The minimum atomic E-state index is 0.609. The molecule has 0 aliphatic rings. The monoisotopic (exact) mass is 691 g/mol. The number of benzene rings is 7. The maximum atomic E-state index is 7.04. The molecule has 0 N–H and O–H groups in total. The van der Waals surface area contributed by atoms with Crippen LogP contribution in [0.1, 0.15) is 0 Å².